The van der Waals surface area contributed by atoms with Crippen LogP contribution in [0.4, 0.5) is 11.4 Å². The Labute approximate surface area is 117 Å². The lowest BCUT2D eigenvalue weighted by molar-refractivity contribution is 0.472. The number of hydrogen-bond acceptors (Lipinski definition) is 4. The van der Waals surface area contributed by atoms with Gasteiger partial charge in [-0.15, -0.1) is 0 Å². The van der Waals surface area contributed by atoms with Gasteiger partial charge in [0.2, 0.25) is 0 Å². The molecule has 0 aliphatic rings. The molecule has 0 unspecified atom stereocenters. The molecule has 2 N–H and O–H groups in total. The third kappa shape index (κ3) is 3.51. The number of hydrogen-bond donors (Lipinski definition) is 2. The van der Waals surface area contributed by atoms with Crippen molar-refractivity contribution in [1.29, 1.82) is 0 Å². The van der Waals surface area contributed by atoms with Gasteiger partial charge in [0.1, 0.15) is 5.75 Å². The van der Waals surface area contributed by atoms with E-state index in [1.165, 1.54) is 6.20 Å². The Morgan fingerprint density at radius 3 is 2.68 bits per heavy atom. The van der Waals surface area contributed by atoms with E-state index in [-0.39, 0.29) is 5.75 Å². The maximum atomic E-state index is 9.19. The maximum absolute atomic E-state index is 9.19. The third-order valence-corrected chi connectivity index (χ3v) is 2.94. The summed E-state index contributed by atoms with van der Waals surface area (Å²) in [5, 5.41) is 13.2. The van der Waals surface area contributed by atoms with Crippen molar-refractivity contribution >= 4 is 23.0 Å². The van der Waals surface area contributed by atoms with E-state index in [2.05, 4.69) is 10.3 Å². The van der Waals surface area contributed by atoms with Crippen molar-refractivity contribution in [3.8, 4) is 5.75 Å². The largest absolute Gasteiger partial charge is 0.506 e. The molecule has 0 aliphatic carbocycles. The van der Waals surface area contributed by atoms with E-state index in [1.54, 1.807) is 12.1 Å². The van der Waals surface area contributed by atoms with Crippen molar-refractivity contribution in [3.05, 3.63) is 47.2 Å². The van der Waals surface area contributed by atoms with Crippen molar-refractivity contribution in [2.45, 2.75) is 6.54 Å². The number of aromatic nitrogens is 1. The van der Waals surface area contributed by atoms with Crippen molar-refractivity contribution in [2.24, 2.45) is 0 Å². The Morgan fingerprint density at radius 2 is 2.05 bits per heavy atom. The molecule has 0 radical (unpaired) electrons. The first kappa shape index (κ1) is 13.5. The molecular weight excluding hydrogens is 262 g/mol. The SMILES string of the molecule is CN(C)c1ccc(Cl)cc1NCc1ccc(O)cn1. The van der Waals surface area contributed by atoms with E-state index < -0.39 is 0 Å². The van der Waals surface area contributed by atoms with Gasteiger partial charge in [-0.05, 0) is 30.3 Å². The molecule has 0 fully saturated rings. The lowest BCUT2D eigenvalue weighted by atomic mass is 10.2. The summed E-state index contributed by atoms with van der Waals surface area (Å²) < 4.78 is 0. The number of halogens is 1. The van der Waals surface area contributed by atoms with Gasteiger partial charge in [-0.1, -0.05) is 11.6 Å². The zero-order chi connectivity index (χ0) is 13.8. The smallest absolute Gasteiger partial charge is 0.133 e. The number of nitrogens with one attached hydrogen (secondary N) is 1. The van der Waals surface area contributed by atoms with Crippen molar-refractivity contribution in [2.75, 3.05) is 24.3 Å². The predicted molar refractivity (Wildman–Crippen MR) is 79.0 cm³/mol. The van der Waals surface area contributed by atoms with Crippen LogP contribution in [0.2, 0.25) is 5.02 Å². The summed E-state index contributed by atoms with van der Waals surface area (Å²) in [6.07, 6.45) is 1.43. The molecule has 100 valence electrons. The van der Waals surface area contributed by atoms with Gasteiger partial charge >= 0.3 is 0 Å². The molecule has 2 rings (SSSR count). The van der Waals surface area contributed by atoms with Gasteiger partial charge in [0, 0.05) is 19.1 Å². The monoisotopic (exact) mass is 277 g/mol. The summed E-state index contributed by atoms with van der Waals surface area (Å²) >= 11 is 6.02. The zero-order valence-corrected chi connectivity index (χ0v) is 11.6. The second-order valence-electron chi connectivity index (χ2n) is 4.42. The van der Waals surface area contributed by atoms with Crippen molar-refractivity contribution < 1.29 is 5.11 Å². The molecule has 0 bridgehead atoms. The van der Waals surface area contributed by atoms with Gasteiger partial charge in [-0.2, -0.15) is 0 Å². The number of benzene rings is 1. The molecule has 19 heavy (non-hydrogen) atoms. The van der Waals surface area contributed by atoms with Gasteiger partial charge in [-0.25, -0.2) is 0 Å². The molecule has 0 saturated carbocycles. The van der Waals surface area contributed by atoms with Crippen LogP contribution in [-0.4, -0.2) is 24.2 Å². The van der Waals surface area contributed by atoms with Crippen LogP contribution in [0.25, 0.3) is 0 Å². The number of nitrogens with zero attached hydrogens (tertiary/aromatic N) is 2. The average molecular weight is 278 g/mol. The van der Waals surface area contributed by atoms with E-state index in [4.69, 9.17) is 11.6 Å². The summed E-state index contributed by atoms with van der Waals surface area (Å²) in [5.74, 6) is 0.167. The second-order valence-corrected chi connectivity index (χ2v) is 4.85. The van der Waals surface area contributed by atoms with Crippen LogP contribution in [0.15, 0.2) is 36.5 Å². The lowest BCUT2D eigenvalue weighted by Gasteiger charge is -2.18. The van der Waals surface area contributed by atoms with Crippen LogP contribution in [0.3, 0.4) is 0 Å². The molecule has 0 saturated heterocycles. The highest BCUT2D eigenvalue weighted by atomic mass is 35.5. The summed E-state index contributed by atoms with van der Waals surface area (Å²) in [7, 11) is 3.96. The normalized spacial score (nSPS) is 10.3. The zero-order valence-electron chi connectivity index (χ0n) is 10.9. The molecule has 0 spiro atoms. The standard InChI is InChI=1S/C14H16ClN3O/c1-18(2)14-6-3-10(15)7-13(14)17-8-11-4-5-12(19)9-16-11/h3-7,9,17,19H,8H2,1-2H3. The van der Waals surface area contributed by atoms with Crippen molar-refractivity contribution in [1.82, 2.24) is 4.98 Å². The van der Waals surface area contributed by atoms with Crippen LogP contribution in [0.5, 0.6) is 5.75 Å². The highest BCUT2D eigenvalue weighted by Gasteiger charge is 2.05. The summed E-state index contributed by atoms with van der Waals surface area (Å²) in [5.41, 5.74) is 2.86. The topological polar surface area (TPSA) is 48.4 Å². The summed E-state index contributed by atoms with van der Waals surface area (Å²) in [6, 6.07) is 9.12. The molecule has 0 aliphatic heterocycles. The molecule has 1 aromatic carbocycles. The van der Waals surface area contributed by atoms with E-state index in [1.807, 2.05) is 37.2 Å². The molecule has 0 atom stereocenters. The predicted octanol–water partition coefficient (Wildman–Crippen LogP) is 3.12. The van der Waals surface area contributed by atoms with E-state index in [0.717, 1.165) is 17.1 Å². The van der Waals surface area contributed by atoms with Crippen molar-refractivity contribution in [3.63, 3.8) is 0 Å². The van der Waals surface area contributed by atoms with Crippen LogP contribution in [-0.2, 0) is 6.54 Å². The average Bonchev–Trinajstić information content (AvgIpc) is 2.38. The van der Waals surface area contributed by atoms with Gasteiger partial charge in [0.15, 0.2) is 0 Å². The van der Waals surface area contributed by atoms with Gasteiger partial charge in [0.05, 0.1) is 29.8 Å². The van der Waals surface area contributed by atoms with Crippen LogP contribution < -0.4 is 10.2 Å². The second kappa shape index (κ2) is 5.80. The fraction of sp³-hybridized carbons (Fsp3) is 0.214. The number of pyridine rings is 1. The minimum absolute atomic E-state index is 0.167. The Balaban J connectivity index is 2.14. The Bertz CT molecular complexity index is 555. The van der Waals surface area contributed by atoms with Gasteiger partial charge in [0.25, 0.3) is 0 Å². The summed E-state index contributed by atoms with van der Waals surface area (Å²) in [6.45, 7) is 0.571. The Morgan fingerprint density at radius 1 is 1.26 bits per heavy atom. The van der Waals surface area contributed by atoms with E-state index in [0.29, 0.717) is 11.6 Å². The highest BCUT2D eigenvalue weighted by Crippen LogP contribution is 2.28. The fourth-order valence-electron chi connectivity index (χ4n) is 1.75. The molecule has 0 amide bonds. The van der Waals surface area contributed by atoms with E-state index in [9.17, 15) is 5.11 Å². The first-order valence-corrected chi connectivity index (χ1v) is 6.28. The van der Waals surface area contributed by atoms with Crippen LogP contribution >= 0.6 is 11.6 Å². The van der Waals surface area contributed by atoms with Crippen LogP contribution in [0, 0.1) is 0 Å². The lowest BCUT2D eigenvalue weighted by Crippen LogP contribution is -2.12. The first-order chi connectivity index (χ1) is 9.06. The maximum Gasteiger partial charge on any atom is 0.133 e. The number of anilines is 2. The number of rotatable bonds is 4. The first-order valence-electron chi connectivity index (χ1n) is 5.91. The van der Waals surface area contributed by atoms with E-state index >= 15 is 0 Å². The van der Waals surface area contributed by atoms with Crippen LogP contribution in [0.1, 0.15) is 5.69 Å². The van der Waals surface area contributed by atoms with Gasteiger partial charge in [-0.3, -0.25) is 4.98 Å². The third-order valence-electron chi connectivity index (χ3n) is 2.71. The molecule has 4 nitrogen and oxygen atoms in total. The summed E-state index contributed by atoms with van der Waals surface area (Å²) in [4.78, 5) is 6.15. The molecule has 1 aromatic heterocycles. The molecule has 2 aromatic rings. The Kier molecular flexibility index (Phi) is 4.12. The Hall–Kier alpha value is -1.94. The number of aromatic hydroxyl groups is 1. The molecular formula is C14H16ClN3O. The fourth-order valence-corrected chi connectivity index (χ4v) is 1.92. The molecule has 1 heterocycles. The minimum Gasteiger partial charge on any atom is -0.506 e. The highest BCUT2D eigenvalue weighted by molar-refractivity contribution is 6.31. The minimum atomic E-state index is 0.167. The quantitative estimate of drug-likeness (QED) is 0.901. The molecule has 5 heteroatoms. The van der Waals surface area contributed by atoms with Gasteiger partial charge < -0.3 is 15.3 Å².